The lowest BCUT2D eigenvalue weighted by Crippen LogP contribution is -2.49. The summed E-state index contributed by atoms with van der Waals surface area (Å²) >= 11 is 0. The maximum atomic E-state index is 13.5. The molecule has 1 amide bonds. The summed E-state index contributed by atoms with van der Waals surface area (Å²) in [7, 11) is -2.45. The first-order chi connectivity index (χ1) is 14.0. The van der Waals surface area contributed by atoms with Gasteiger partial charge in [0, 0.05) is 24.5 Å². The number of carbonyl (C=O) groups is 1. The molecule has 0 radical (unpaired) electrons. The molecule has 0 aliphatic carbocycles. The molecule has 0 saturated carbocycles. The van der Waals surface area contributed by atoms with Crippen LogP contribution in [0.4, 0.5) is 10.1 Å². The SMILES string of the molecule is C=C[C@](C)(O)[C@H]1CCc2c(cn(C)c2C(=O)Nc2ccc(F)c(C#N)c2)S(=O)(=O)N1. The Kier molecular flexibility index (Phi) is 5.56. The van der Waals surface area contributed by atoms with E-state index in [0.717, 1.165) is 6.07 Å². The summed E-state index contributed by atoms with van der Waals surface area (Å²) in [6, 6.07) is 4.46. The predicted octanol–water partition coefficient (Wildman–Crippen LogP) is 1.82. The normalized spacial score (nSPS) is 19.6. The molecule has 1 aliphatic heterocycles. The number of carbonyl (C=O) groups excluding carboxylic acids is 1. The number of benzene rings is 1. The maximum Gasteiger partial charge on any atom is 0.272 e. The minimum atomic E-state index is -4.00. The Bertz CT molecular complexity index is 1180. The molecule has 3 N–H and O–H groups in total. The standard InChI is InChI=1S/C20H21FN4O4S/c1-4-20(2,27)17-8-6-14-16(30(28,29)24-17)11-25(3)18(14)19(26)23-13-5-7-15(21)12(9-13)10-22/h4-5,7,9,11,17,24,27H,1,6,8H2,2-3H3,(H,23,26)/t17-,20+/m1/s1. The number of nitrogens with zero attached hydrogens (tertiary/aromatic N) is 2. The third-order valence-corrected chi connectivity index (χ3v) is 6.72. The van der Waals surface area contributed by atoms with Crippen LogP contribution in [0, 0.1) is 17.1 Å². The lowest BCUT2D eigenvalue weighted by Gasteiger charge is -2.29. The number of rotatable bonds is 4. The van der Waals surface area contributed by atoms with Gasteiger partial charge < -0.3 is 15.0 Å². The molecule has 0 bridgehead atoms. The molecule has 2 atom stereocenters. The van der Waals surface area contributed by atoms with E-state index in [0.29, 0.717) is 5.56 Å². The second-order valence-electron chi connectivity index (χ2n) is 7.33. The summed E-state index contributed by atoms with van der Waals surface area (Å²) in [5.41, 5.74) is -1.05. The van der Waals surface area contributed by atoms with Gasteiger partial charge in [0.15, 0.2) is 0 Å². The Hall–Kier alpha value is -3.00. The zero-order valence-electron chi connectivity index (χ0n) is 16.4. The Morgan fingerprint density at radius 1 is 1.53 bits per heavy atom. The van der Waals surface area contributed by atoms with E-state index in [4.69, 9.17) is 5.26 Å². The van der Waals surface area contributed by atoms with Crippen LogP contribution in [0.5, 0.6) is 0 Å². The molecule has 0 fully saturated rings. The average Bonchev–Trinajstić information content (AvgIpc) is 2.97. The summed E-state index contributed by atoms with van der Waals surface area (Å²) in [6.07, 6.45) is 3.06. The molecule has 1 aliphatic rings. The predicted molar refractivity (Wildman–Crippen MR) is 108 cm³/mol. The first-order valence-electron chi connectivity index (χ1n) is 9.07. The van der Waals surface area contributed by atoms with Crippen molar-refractivity contribution in [1.29, 1.82) is 5.26 Å². The monoisotopic (exact) mass is 432 g/mol. The van der Waals surface area contributed by atoms with Gasteiger partial charge in [-0.2, -0.15) is 5.26 Å². The number of amides is 1. The van der Waals surface area contributed by atoms with Gasteiger partial charge in [-0.15, -0.1) is 6.58 Å². The quantitative estimate of drug-likeness (QED) is 0.636. The van der Waals surface area contributed by atoms with E-state index in [1.165, 1.54) is 35.9 Å². The zero-order chi connectivity index (χ0) is 22.3. The molecule has 10 heteroatoms. The molecular weight excluding hydrogens is 411 g/mol. The van der Waals surface area contributed by atoms with Crippen LogP contribution in [0.3, 0.4) is 0 Å². The Morgan fingerprint density at radius 2 is 2.23 bits per heavy atom. The fraction of sp³-hybridized carbons (Fsp3) is 0.300. The van der Waals surface area contributed by atoms with Crippen LogP contribution in [0.1, 0.15) is 35.0 Å². The van der Waals surface area contributed by atoms with Crippen LogP contribution in [-0.2, 0) is 23.5 Å². The van der Waals surface area contributed by atoms with Gasteiger partial charge in [-0.25, -0.2) is 17.5 Å². The summed E-state index contributed by atoms with van der Waals surface area (Å²) in [6.45, 7) is 5.00. The fourth-order valence-electron chi connectivity index (χ4n) is 3.45. The van der Waals surface area contributed by atoms with Crippen LogP contribution in [0.2, 0.25) is 0 Å². The van der Waals surface area contributed by atoms with Crippen molar-refractivity contribution in [3.05, 3.63) is 59.7 Å². The van der Waals surface area contributed by atoms with Crippen molar-refractivity contribution in [3.8, 4) is 6.07 Å². The Balaban J connectivity index is 1.99. The van der Waals surface area contributed by atoms with Gasteiger partial charge in [-0.3, -0.25) is 4.79 Å². The number of halogens is 1. The number of aliphatic hydroxyl groups is 1. The van der Waals surface area contributed by atoms with E-state index in [9.17, 15) is 22.7 Å². The topological polar surface area (TPSA) is 124 Å². The van der Waals surface area contributed by atoms with Crippen LogP contribution in [-0.4, -0.2) is 35.6 Å². The highest BCUT2D eigenvalue weighted by atomic mass is 32.2. The van der Waals surface area contributed by atoms with Gasteiger partial charge in [0.05, 0.1) is 17.2 Å². The van der Waals surface area contributed by atoms with Crippen molar-refractivity contribution in [2.75, 3.05) is 5.32 Å². The first kappa shape index (κ1) is 21.7. The molecule has 158 valence electrons. The van der Waals surface area contributed by atoms with Crippen molar-refractivity contribution < 1.29 is 22.7 Å². The summed E-state index contributed by atoms with van der Waals surface area (Å²) in [5, 5.41) is 22.0. The van der Waals surface area contributed by atoms with Gasteiger partial charge in [-0.1, -0.05) is 6.08 Å². The number of aromatic nitrogens is 1. The van der Waals surface area contributed by atoms with E-state index >= 15 is 0 Å². The lowest BCUT2D eigenvalue weighted by atomic mass is 9.92. The van der Waals surface area contributed by atoms with Crippen LogP contribution < -0.4 is 10.0 Å². The third-order valence-electron chi connectivity index (χ3n) is 5.20. The van der Waals surface area contributed by atoms with E-state index in [2.05, 4.69) is 16.6 Å². The van der Waals surface area contributed by atoms with E-state index in [1.807, 2.05) is 0 Å². The van der Waals surface area contributed by atoms with E-state index in [1.54, 1.807) is 13.1 Å². The van der Waals surface area contributed by atoms with Gasteiger partial charge in [0.2, 0.25) is 10.0 Å². The van der Waals surface area contributed by atoms with Crippen molar-refractivity contribution in [2.24, 2.45) is 7.05 Å². The van der Waals surface area contributed by atoms with Gasteiger partial charge >= 0.3 is 0 Å². The van der Waals surface area contributed by atoms with Crippen molar-refractivity contribution in [1.82, 2.24) is 9.29 Å². The minimum Gasteiger partial charge on any atom is -0.384 e. The number of aryl methyl sites for hydroxylation is 1. The van der Waals surface area contributed by atoms with Crippen molar-refractivity contribution >= 4 is 21.6 Å². The fourth-order valence-corrected chi connectivity index (χ4v) is 5.13. The Labute approximate surface area is 173 Å². The molecule has 1 aromatic heterocycles. The Morgan fingerprint density at radius 3 is 2.87 bits per heavy atom. The average molecular weight is 432 g/mol. The second kappa shape index (κ2) is 7.68. The number of anilines is 1. The number of hydrogen-bond acceptors (Lipinski definition) is 5. The van der Waals surface area contributed by atoms with E-state index < -0.39 is 33.4 Å². The molecule has 30 heavy (non-hydrogen) atoms. The molecular formula is C20H21FN4O4S. The molecule has 1 aromatic carbocycles. The molecule has 2 heterocycles. The van der Waals surface area contributed by atoms with Gasteiger partial charge in [-0.05, 0) is 38.0 Å². The minimum absolute atomic E-state index is 0.0469. The summed E-state index contributed by atoms with van der Waals surface area (Å²) < 4.78 is 43.1. The maximum absolute atomic E-state index is 13.5. The second-order valence-corrected chi connectivity index (χ2v) is 9.02. The summed E-state index contributed by atoms with van der Waals surface area (Å²) in [4.78, 5) is 12.9. The van der Waals surface area contributed by atoms with Gasteiger partial charge in [0.25, 0.3) is 5.91 Å². The number of sulfonamides is 1. The van der Waals surface area contributed by atoms with Crippen LogP contribution >= 0.6 is 0 Å². The van der Waals surface area contributed by atoms with Crippen LogP contribution in [0.25, 0.3) is 0 Å². The zero-order valence-corrected chi connectivity index (χ0v) is 17.3. The summed E-state index contributed by atoms with van der Waals surface area (Å²) in [5.74, 6) is -1.31. The lowest BCUT2D eigenvalue weighted by molar-refractivity contribution is 0.0731. The highest BCUT2D eigenvalue weighted by molar-refractivity contribution is 7.89. The molecule has 2 aromatic rings. The van der Waals surface area contributed by atoms with Gasteiger partial charge in [0.1, 0.15) is 22.5 Å². The highest BCUT2D eigenvalue weighted by Crippen LogP contribution is 2.30. The molecule has 0 saturated heterocycles. The smallest absolute Gasteiger partial charge is 0.272 e. The molecule has 3 rings (SSSR count). The number of hydrogen-bond donors (Lipinski definition) is 3. The molecule has 0 unspecified atom stereocenters. The van der Waals surface area contributed by atoms with Crippen LogP contribution in [0.15, 0.2) is 41.9 Å². The van der Waals surface area contributed by atoms with Crippen molar-refractivity contribution in [3.63, 3.8) is 0 Å². The number of nitriles is 1. The van der Waals surface area contributed by atoms with Crippen molar-refractivity contribution in [2.45, 2.75) is 36.3 Å². The number of nitrogens with one attached hydrogen (secondary N) is 2. The molecule has 0 spiro atoms. The third kappa shape index (κ3) is 3.87. The number of fused-ring (bicyclic) bond motifs is 1. The highest BCUT2D eigenvalue weighted by Gasteiger charge is 2.38. The molecule has 8 nitrogen and oxygen atoms in total. The largest absolute Gasteiger partial charge is 0.384 e. The first-order valence-corrected chi connectivity index (χ1v) is 10.6. The van der Waals surface area contributed by atoms with E-state index in [-0.39, 0.29) is 34.7 Å².